The molecule has 3 saturated carbocycles. The smallest absolute Gasteiger partial charge is 0.415 e. The summed E-state index contributed by atoms with van der Waals surface area (Å²) < 4.78 is 5.89. The number of anilines is 1. The predicted molar refractivity (Wildman–Crippen MR) is 145 cm³/mol. The first-order chi connectivity index (χ1) is 18.2. The monoisotopic (exact) mass is 546 g/mol. The van der Waals surface area contributed by atoms with Gasteiger partial charge in [-0.05, 0) is 55.1 Å². The SMILES string of the molecule is C=C[C@]1(C)C[C@@H](OC(=O)NC(=O)NC(=O)c2ccc(N)nc2)[C@]2(C)C(C)CC[C@]3(C[C@H](O)C(=O)C32)[C@@H](C)[C@@H]1O.[HH].[HH]. The maximum atomic E-state index is 13.5. The summed E-state index contributed by atoms with van der Waals surface area (Å²) in [6.07, 6.45) is 0.450. The number of amides is 4. The summed E-state index contributed by atoms with van der Waals surface area (Å²) in [6, 6.07) is 1.68. The number of imide groups is 2. The summed E-state index contributed by atoms with van der Waals surface area (Å²) in [4.78, 5) is 55.1. The molecular formula is C28H42N4O7. The van der Waals surface area contributed by atoms with Crippen LogP contribution in [0.5, 0.6) is 0 Å². The van der Waals surface area contributed by atoms with Gasteiger partial charge in [-0.3, -0.25) is 14.9 Å². The lowest BCUT2D eigenvalue weighted by atomic mass is 9.44. The van der Waals surface area contributed by atoms with Crippen LogP contribution in [0.3, 0.4) is 0 Å². The first-order valence-electron chi connectivity index (χ1n) is 13.3. The molecule has 0 radical (unpaired) electrons. The van der Waals surface area contributed by atoms with Gasteiger partial charge in [0.25, 0.3) is 5.91 Å². The molecule has 2 unspecified atom stereocenters. The van der Waals surface area contributed by atoms with Crippen molar-refractivity contribution in [2.45, 2.75) is 71.7 Å². The number of nitrogens with one attached hydrogen (secondary N) is 2. The highest BCUT2D eigenvalue weighted by Gasteiger charge is 2.70. The fraction of sp³-hybridized carbons (Fsp3) is 0.607. The normalized spacial score (nSPS) is 39.5. The van der Waals surface area contributed by atoms with E-state index in [-0.39, 0.29) is 44.7 Å². The Labute approximate surface area is 230 Å². The number of carbonyl (C=O) groups is 4. The van der Waals surface area contributed by atoms with Crippen molar-refractivity contribution in [1.82, 2.24) is 15.6 Å². The highest BCUT2D eigenvalue weighted by Crippen LogP contribution is 2.68. The van der Waals surface area contributed by atoms with Crippen molar-refractivity contribution < 1.29 is 37.0 Å². The predicted octanol–water partition coefficient (Wildman–Crippen LogP) is 3.07. The number of pyridine rings is 1. The van der Waals surface area contributed by atoms with E-state index >= 15 is 0 Å². The van der Waals surface area contributed by atoms with Gasteiger partial charge in [-0.1, -0.05) is 33.8 Å². The first kappa shape index (κ1) is 28.7. The highest BCUT2D eigenvalue weighted by molar-refractivity contribution is 6.07. The minimum absolute atomic E-state index is 0. The molecule has 0 spiro atoms. The van der Waals surface area contributed by atoms with Crippen molar-refractivity contribution >= 4 is 29.6 Å². The fourth-order valence-corrected chi connectivity index (χ4v) is 7.48. The van der Waals surface area contributed by atoms with Crippen LogP contribution in [-0.2, 0) is 9.53 Å². The fourth-order valence-electron chi connectivity index (χ4n) is 7.48. The van der Waals surface area contributed by atoms with Crippen molar-refractivity contribution in [1.29, 1.82) is 0 Å². The van der Waals surface area contributed by atoms with E-state index in [1.54, 1.807) is 6.08 Å². The van der Waals surface area contributed by atoms with Crippen LogP contribution in [-0.4, -0.2) is 57.3 Å². The van der Waals surface area contributed by atoms with Crippen molar-refractivity contribution in [3.63, 3.8) is 0 Å². The number of nitrogens with zero attached hydrogens (tertiary/aromatic N) is 1. The van der Waals surface area contributed by atoms with Gasteiger partial charge in [0.05, 0.1) is 11.7 Å². The maximum absolute atomic E-state index is 13.5. The molecule has 1 aromatic heterocycles. The van der Waals surface area contributed by atoms with Crippen LogP contribution >= 0.6 is 0 Å². The van der Waals surface area contributed by atoms with Gasteiger partial charge in [-0.2, -0.15) is 0 Å². The van der Waals surface area contributed by atoms with E-state index in [0.29, 0.717) is 12.8 Å². The van der Waals surface area contributed by atoms with Crippen LogP contribution in [0.1, 0.15) is 66.6 Å². The zero-order chi connectivity index (χ0) is 28.9. The van der Waals surface area contributed by atoms with E-state index in [1.807, 2.05) is 38.3 Å². The topological polar surface area (TPSA) is 181 Å². The molecule has 9 atom stereocenters. The van der Waals surface area contributed by atoms with Gasteiger partial charge in [0.2, 0.25) is 0 Å². The molecule has 1 heterocycles. The third kappa shape index (κ3) is 4.61. The average Bonchev–Trinajstić information content (AvgIpc) is 3.15. The van der Waals surface area contributed by atoms with Gasteiger partial charge in [0.15, 0.2) is 5.78 Å². The second-order valence-electron chi connectivity index (χ2n) is 12.0. The summed E-state index contributed by atoms with van der Waals surface area (Å²) >= 11 is 0. The van der Waals surface area contributed by atoms with Crippen LogP contribution in [0.15, 0.2) is 31.0 Å². The first-order valence-corrected chi connectivity index (χ1v) is 13.3. The van der Waals surface area contributed by atoms with E-state index in [9.17, 15) is 29.4 Å². The second kappa shape index (κ2) is 10.0. The summed E-state index contributed by atoms with van der Waals surface area (Å²) in [5.74, 6) is -1.96. The van der Waals surface area contributed by atoms with E-state index in [2.05, 4.69) is 11.6 Å². The van der Waals surface area contributed by atoms with Gasteiger partial charge >= 0.3 is 12.1 Å². The Morgan fingerprint density at radius 2 is 1.90 bits per heavy atom. The van der Waals surface area contributed by atoms with Crippen molar-refractivity contribution in [2.75, 3.05) is 5.73 Å². The Hall–Kier alpha value is -3.31. The largest absolute Gasteiger partial charge is 0.445 e. The van der Waals surface area contributed by atoms with E-state index in [4.69, 9.17) is 10.5 Å². The van der Waals surface area contributed by atoms with Gasteiger partial charge in [0, 0.05) is 25.8 Å². The van der Waals surface area contributed by atoms with Crippen LogP contribution in [0.25, 0.3) is 0 Å². The molecule has 11 heteroatoms. The lowest BCUT2D eigenvalue weighted by Crippen LogP contribution is -2.63. The molecule has 6 N–H and O–H groups in total. The number of alkyl carbamates (subject to hydrolysis) is 1. The molecule has 3 aliphatic carbocycles. The number of aliphatic hydroxyl groups excluding tert-OH is 2. The summed E-state index contributed by atoms with van der Waals surface area (Å²) in [6.45, 7) is 11.6. The summed E-state index contributed by atoms with van der Waals surface area (Å²) in [5, 5.41) is 26.4. The van der Waals surface area contributed by atoms with Crippen LogP contribution < -0.4 is 16.4 Å². The number of nitrogen functional groups attached to an aromatic ring is 1. The molecule has 3 fully saturated rings. The maximum Gasteiger partial charge on any atom is 0.415 e. The lowest BCUT2D eigenvalue weighted by molar-refractivity contribution is -0.191. The zero-order valence-electron chi connectivity index (χ0n) is 22.8. The molecule has 1 aromatic rings. The third-order valence-electron chi connectivity index (χ3n) is 10.1. The van der Waals surface area contributed by atoms with Crippen LogP contribution in [0, 0.1) is 34.0 Å². The number of carbonyl (C=O) groups excluding carboxylic acids is 4. The number of nitrogens with two attached hydrogens (primary N) is 1. The number of aliphatic hydroxyl groups is 2. The Bertz CT molecular complexity index is 1200. The minimum Gasteiger partial charge on any atom is -0.445 e. The molecular weight excluding hydrogens is 504 g/mol. The molecule has 216 valence electrons. The number of urea groups is 1. The van der Waals surface area contributed by atoms with Crippen molar-refractivity contribution in [3.05, 3.63) is 36.5 Å². The molecule has 0 aliphatic heterocycles. The van der Waals surface area contributed by atoms with E-state index in [0.717, 1.165) is 0 Å². The van der Waals surface area contributed by atoms with Crippen molar-refractivity contribution in [3.8, 4) is 0 Å². The zero-order valence-corrected chi connectivity index (χ0v) is 22.8. The molecule has 4 amide bonds. The van der Waals surface area contributed by atoms with E-state index < -0.39 is 58.5 Å². The van der Waals surface area contributed by atoms with Gasteiger partial charge in [-0.25, -0.2) is 19.9 Å². The molecule has 2 bridgehead atoms. The molecule has 39 heavy (non-hydrogen) atoms. The standard InChI is InChI=1S/C28H38N4O7.2H2/c1-6-26(4)12-18(39-25(38)32-24(37)31-23(36)16-7-8-19(29)30-13-16)27(5)14(2)9-10-28(15(3)22(26)35)11-17(33)20(34)21(27)28;;/h6-8,13-15,17-18,21-22,33,35H,1,9-12H2,2-5H3,(H2,29,30)(H2,31,32,36,37,38);2*1H/t14?,15-,17-,18+,21?,22-,26+,27-,28-;;/m0../s1. The minimum atomic E-state index is -1.17. The Balaban J connectivity index is 0.00000294. The average molecular weight is 547 g/mol. The van der Waals surface area contributed by atoms with E-state index in [1.165, 1.54) is 18.3 Å². The van der Waals surface area contributed by atoms with Crippen molar-refractivity contribution in [2.24, 2.45) is 34.0 Å². The number of aromatic nitrogens is 1. The quantitative estimate of drug-likeness (QED) is 0.356. The van der Waals surface area contributed by atoms with Gasteiger partial charge in [-0.15, -0.1) is 6.58 Å². The lowest BCUT2D eigenvalue weighted by Gasteiger charge is -2.61. The number of rotatable bonds is 3. The van der Waals surface area contributed by atoms with Gasteiger partial charge in [0.1, 0.15) is 18.0 Å². The number of hydrogen-bond acceptors (Lipinski definition) is 9. The Kier molecular flexibility index (Phi) is 7.37. The number of Topliss-reactive ketones (excluding diaryl/α,β-unsaturated/α-hetero) is 1. The molecule has 0 saturated heterocycles. The van der Waals surface area contributed by atoms with Crippen LogP contribution in [0.2, 0.25) is 0 Å². The number of hydrogen-bond donors (Lipinski definition) is 5. The Morgan fingerprint density at radius 3 is 2.51 bits per heavy atom. The number of ether oxygens (including phenoxy) is 1. The van der Waals surface area contributed by atoms with Crippen LogP contribution in [0.4, 0.5) is 15.4 Å². The van der Waals surface area contributed by atoms with Gasteiger partial charge < -0.3 is 20.7 Å². The highest BCUT2D eigenvalue weighted by atomic mass is 16.6. The molecule has 3 aliphatic rings. The third-order valence-corrected chi connectivity index (χ3v) is 10.1. The summed E-state index contributed by atoms with van der Waals surface area (Å²) in [5.41, 5.74) is 3.11. The molecule has 0 aromatic carbocycles. The summed E-state index contributed by atoms with van der Waals surface area (Å²) in [7, 11) is 0. The number of ketones is 1. The molecule has 11 nitrogen and oxygen atoms in total. The molecule has 4 rings (SSSR count). The second-order valence-corrected chi connectivity index (χ2v) is 12.0. The Morgan fingerprint density at radius 1 is 1.21 bits per heavy atom.